The van der Waals surface area contributed by atoms with Crippen LogP contribution >= 0.6 is 11.8 Å². The van der Waals surface area contributed by atoms with Crippen LogP contribution in [0.4, 0.5) is 0 Å². The first-order valence-electron chi connectivity index (χ1n) is 8.10. The third kappa shape index (κ3) is 3.68. The highest BCUT2D eigenvalue weighted by Crippen LogP contribution is 2.34. The molecule has 5 heteroatoms. The van der Waals surface area contributed by atoms with E-state index in [1.165, 1.54) is 16.2 Å². The third-order valence-electron chi connectivity index (χ3n) is 3.83. The van der Waals surface area contributed by atoms with E-state index >= 15 is 0 Å². The van der Waals surface area contributed by atoms with Crippen LogP contribution in [0.2, 0.25) is 0 Å². The molecular formula is C19H22N4S. The van der Waals surface area contributed by atoms with Crippen LogP contribution in [0.5, 0.6) is 0 Å². The Morgan fingerprint density at radius 2 is 1.79 bits per heavy atom. The Morgan fingerprint density at radius 1 is 1.08 bits per heavy atom. The lowest BCUT2D eigenvalue weighted by atomic mass is 10.1. The van der Waals surface area contributed by atoms with E-state index in [1.807, 2.05) is 30.6 Å². The van der Waals surface area contributed by atoms with Crippen molar-refractivity contribution in [3.8, 4) is 0 Å². The Labute approximate surface area is 147 Å². The van der Waals surface area contributed by atoms with Crippen LogP contribution in [-0.2, 0) is 13.1 Å². The third-order valence-corrected chi connectivity index (χ3v) is 4.83. The van der Waals surface area contributed by atoms with Gasteiger partial charge in [0.1, 0.15) is 10.9 Å². The molecule has 2 aromatic heterocycles. The van der Waals surface area contributed by atoms with Crippen LogP contribution < -0.4 is 5.73 Å². The Morgan fingerprint density at radius 3 is 2.42 bits per heavy atom. The molecule has 0 saturated carbocycles. The number of hydrogen-bond donors (Lipinski definition) is 1. The number of nitrogens with two attached hydrogens (primary N) is 1. The molecule has 0 radical (unpaired) electrons. The minimum atomic E-state index is 0.367. The lowest BCUT2D eigenvalue weighted by Gasteiger charge is -2.15. The van der Waals surface area contributed by atoms with Gasteiger partial charge in [-0.3, -0.25) is 4.98 Å². The van der Waals surface area contributed by atoms with Gasteiger partial charge in [0.2, 0.25) is 0 Å². The van der Waals surface area contributed by atoms with E-state index < -0.39 is 0 Å². The first-order chi connectivity index (χ1) is 11.7. The molecule has 0 aliphatic carbocycles. The molecule has 0 aliphatic heterocycles. The average Bonchev–Trinajstić information content (AvgIpc) is 2.94. The molecule has 0 saturated heterocycles. The van der Waals surface area contributed by atoms with Crippen molar-refractivity contribution in [2.24, 2.45) is 5.73 Å². The predicted octanol–water partition coefficient (Wildman–Crippen LogP) is 4.06. The van der Waals surface area contributed by atoms with Crippen LogP contribution in [0.3, 0.4) is 0 Å². The van der Waals surface area contributed by atoms with Gasteiger partial charge in [-0.05, 0) is 35.7 Å². The molecule has 3 rings (SSSR count). The van der Waals surface area contributed by atoms with E-state index in [0.717, 1.165) is 17.4 Å². The summed E-state index contributed by atoms with van der Waals surface area (Å²) in [6.45, 7) is 5.61. The maximum atomic E-state index is 5.98. The summed E-state index contributed by atoms with van der Waals surface area (Å²) < 4.78 is 2.26. The molecule has 0 aliphatic rings. The quantitative estimate of drug-likeness (QED) is 0.736. The molecule has 0 spiro atoms. The SMILES string of the molecule is CC(C)c1c(Sc2ccccc2)nc(CN)n1Cc1ccncc1. The van der Waals surface area contributed by atoms with E-state index in [9.17, 15) is 0 Å². The highest BCUT2D eigenvalue weighted by Gasteiger charge is 2.20. The van der Waals surface area contributed by atoms with E-state index in [2.05, 4.69) is 47.7 Å². The first-order valence-corrected chi connectivity index (χ1v) is 8.92. The fraction of sp³-hybridized carbons (Fsp3) is 0.263. The highest BCUT2D eigenvalue weighted by molar-refractivity contribution is 7.99. The normalized spacial score (nSPS) is 11.2. The fourth-order valence-corrected chi connectivity index (χ4v) is 3.84. The van der Waals surface area contributed by atoms with Crippen LogP contribution in [0.25, 0.3) is 0 Å². The van der Waals surface area contributed by atoms with Crippen molar-refractivity contribution < 1.29 is 0 Å². The molecular weight excluding hydrogens is 316 g/mol. The zero-order chi connectivity index (χ0) is 16.9. The molecule has 0 unspecified atom stereocenters. The number of hydrogen-bond acceptors (Lipinski definition) is 4. The topological polar surface area (TPSA) is 56.7 Å². The fourth-order valence-electron chi connectivity index (χ4n) is 2.73. The number of nitrogens with zero attached hydrogens (tertiary/aromatic N) is 3. The molecule has 24 heavy (non-hydrogen) atoms. The van der Waals surface area contributed by atoms with Gasteiger partial charge in [0.25, 0.3) is 0 Å². The minimum absolute atomic E-state index is 0.367. The van der Waals surface area contributed by atoms with Crippen LogP contribution in [0.15, 0.2) is 64.8 Å². The van der Waals surface area contributed by atoms with Crippen molar-refractivity contribution in [2.75, 3.05) is 0 Å². The van der Waals surface area contributed by atoms with Gasteiger partial charge in [-0.2, -0.15) is 0 Å². The van der Waals surface area contributed by atoms with Crippen molar-refractivity contribution in [1.29, 1.82) is 0 Å². The maximum absolute atomic E-state index is 5.98. The van der Waals surface area contributed by atoms with E-state index in [4.69, 9.17) is 10.7 Å². The summed E-state index contributed by atoms with van der Waals surface area (Å²) in [6, 6.07) is 14.4. The largest absolute Gasteiger partial charge is 0.325 e. The highest BCUT2D eigenvalue weighted by atomic mass is 32.2. The molecule has 4 nitrogen and oxygen atoms in total. The zero-order valence-corrected chi connectivity index (χ0v) is 14.8. The van der Waals surface area contributed by atoms with Crippen molar-refractivity contribution in [3.63, 3.8) is 0 Å². The van der Waals surface area contributed by atoms with Gasteiger partial charge >= 0.3 is 0 Å². The first kappa shape index (κ1) is 16.7. The second kappa shape index (κ2) is 7.64. The Bertz CT molecular complexity index is 782. The lowest BCUT2D eigenvalue weighted by molar-refractivity contribution is 0.649. The second-order valence-corrected chi connectivity index (χ2v) is 7.00. The monoisotopic (exact) mass is 338 g/mol. The Kier molecular flexibility index (Phi) is 5.33. The number of rotatable bonds is 6. The molecule has 0 atom stereocenters. The Hall–Kier alpha value is -2.11. The van der Waals surface area contributed by atoms with E-state index in [1.54, 1.807) is 11.8 Å². The summed E-state index contributed by atoms with van der Waals surface area (Å²) in [5.41, 5.74) is 8.42. The second-order valence-electron chi connectivity index (χ2n) is 5.93. The van der Waals surface area contributed by atoms with Crippen molar-refractivity contribution >= 4 is 11.8 Å². The molecule has 2 N–H and O–H groups in total. The standard InChI is InChI=1S/C19H22N4S/c1-14(2)18-19(24-16-6-4-3-5-7-16)22-17(12-20)23(18)13-15-8-10-21-11-9-15/h3-11,14H,12-13,20H2,1-2H3. The summed E-state index contributed by atoms with van der Waals surface area (Å²) in [5, 5.41) is 1.05. The predicted molar refractivity (Wildman–Crippen MR) is 98.1 cm³/mol. The number of pyridine rings is 1. The zero-order valence-electron chi connectivity index (χ0n) is 14.0. The summed E-state index contributed by atoms with van der Waals surface area (Å²) >= 11 is 1.70. The van der Waals surface area contributed by atoms with Crippen LogP contribution in [0.1, 0.15) is 36.8 Å². The maximum Gasteiger partial charge on any atom is 0.124 e. The van der Waals surface area contributed by atoms with Gasteiger partial charge in [0, 0.05) is 23.8 Å². The van der Waals surface area contributed by atoms with Gasteiger partial charge in [-0.15, -0.1) is 0 Å². The molecule has 2 heterocycles. The molecule has 0 amide bonds. The molecule has 124 valence electrons. The van der Waals surface area contributed by atoms with Gasteiger partial charge in [-0.25, -0.2) is 4.98 Å². The average molecular weight is 338 g/mol. The van der Waals surface area contributed by atoms with Crippen LogP contribution in [-0.4, -0.2) is 14.5 Å². The van der Waals surface area contributed by atoms with Crippen molar-refractivity contribution in [3.05, 3.63) is 71.9 Å². The Balaban J connectivity index is 2.00. The van der Waals surface area contributed by atoms with E-state index in [-0.39, 0.29) is 0 Å². The lowest BCUT2D eigenvalue weighted by Crippen LogP contribution is -2.12. The van der Waals surface area contributed by atoms with Crippen LogP contribution in [0, 0.1) is 0 Å². The summed E-state index contributed by atoms with van der Waals surface area (Å²) in [4.78, 5) is 10.1. The van der Waals surface area contributed by atoms with Gasteiger partial charge < -0.3 is 10.3 Å². The smallest absolute Gasteiger partial charge is 0.124 e. The van der Waals surface area contributed by atoms with Crippen molar-refractivity contribution in [2.45, 2.75) is 42.8 Å². The molecule has 3 aromatic rings. The number of aromatic nitrogens is 3. The number of benzene rings is 1. The summed E-state index contributed by atoms with van der Waals surface area (Å²) in [5.74, 6) is 1.29. The van der Waals surface area contributed by atoms with Gasteiger partial charge in [0.15, 0.2) is 0 Å². The molecule has 0 bridgehead atoms. The van der Waals surface area contributed by atoms with Gasteiger partial charge in [-0.1, -0.05) is 43.8 Å². The summed E-state index contributed by atoms with van der Waals surface area (Å²) in [6.07, 6.45) is 3.64. The minimum Gasteiger partial charge on any atom is -0.325 e. The van der Waals surface area contributed by atoms with Crippen molar-refractivity contribution in [1.82, 2.24) is 14.5 Å². The molecule has 0 fully saturated rings. The van der Waals surface area contributed by atoms with E-state index in [0.29, 0.717) is 12.5 Å². The van der Waals surface area contributed by atoms with Gasteiger partial charge in [0.05, 0.1) is 12.2 Å². The number of imidazole rings is 1. The molecule has 1 aromatic carbocycles. The summed E-state index contributed by atoms with van der Waals surface area (Å²) in [7, 11) is 0.